The molecule has 4 aromatic heterocycles. The average molecular weight is 790 g/mol. The molecular formula is C54H39N5O2. The van der Waals surface area contributed by atoms with E-state index in [0.717, 1.165) is 95.0 Å². The first-order valence-corrected chi connectivity index (χ1v) is 20.3. The molecule has 0 saturated carbocycles. The first-order valence-electron chi connectivity index (χ1n) is 20.3. The predicted octanol–water partition coefficient (Wildman–Crippen LogP) is 13.5. The lowest BCUT2D eigenvalue weighted by molar-refractivity contribution is 0.415. The molecule has 11 aromatic rings. The van der Waals surface area contributed by atoms with E-state index in [0.29, 0.717) is 0 Å². The second kappa shape index (κ2) is 14.9. The first-order chi connectivity index (χ1) is 30.1. The van der Waals surface area contributed by atoms with E-state index in [2.05, 4.69) is 164 Å². The summed E-state index contributed by atoms with van der Waals surface area (Å²) in [6, 6.07) is 62.7. The molecule has 292 valence electrons. The lowest BCUT2D eigenvalue weighted by atomic mass is 10.0. The molecule has 0 radical (unpaired) electrons. The van der Waals surface area contributed by atoms with E-state index in [-0.39, 0.29) is 0 Å². The molecule has 0 bridgehead atoms. The average Bonchev–Trinajstić information content (AvgIpc) is 3.85. The van der Waals surface area contributed by atoms with Gasteiger partial charge in [0.2, 0.25) is 0 Å². The third kappa shape index (κ3) is 6.22. The third-order valence-corrected chi connectivity index (χ3v) is 11.7. The third-order valence-electron chi connectivity index (χ3n) is 11.7. The molecule has 4 heterocycles. The summed E-state index contributed by atoms with van der Waals surface area (Å²) < 4.78 is 16.3. The van der Waals surface area contributed by atoms with Gasteiger partial charge in [0.25, 0.3) is 0 Å². The standard InChI is InChI=1S/C54H39N5O2/c1-60-45-19-21-53-49(34-45)50-35-46(61-2)20-22-54(50)59(53)44-32-42(31-43(33-44)58-51-9-5-3-7-47(51)48-8-4-6-10-52(48)58)57(40-15-11-36(12-16-40)38-23-27-55-28-24-38)41-17-13-37(14-18-41)39-25-29-56-30-26-39/h3-35H,1-2H3. The molecule has 0 fully saturated rings. The molecule has 0 aliphatic rings. The van der Waals surface area contributed by atoms with E-state index in [9.17, 15) is 0 Å². The van der Waals surface area contributed by atoms with Crippen LogP contribution >= 0.6 is 0 Å². The number of rotatable bonds is 9. The minimum atomic E-state index is 0.797. The van der Waals surface area contributed by atoms with Crippen LogP contribution in [0.1, 0.15) is 0 Å². The van der Waals surface area contributed by atoms with Crippen LogP contribution in [0.4, 0.5) is 17.1 Å². The van der Waals surface area contributed by atoms with Crippen molar-refractivity contribution in [1.82, 2.24) is 19.1 Å². The second-order valence-corrected chi connectivity index (χ2v) is 15.1. The fourth-order valence-electron chi connectivity index (χ4n) is 8.82. The Morgan fingerprint density at radius 2 is 0.754 bits per heavy atom. The van der Waals surface area contributed by atoms with Crippen LogP contribution in [0.15, 0.2) is 201 Å². The van der Waals surface area contributed by atoms with E-state index in [1.54, 1.807) is 14.2 Å². The molecule has 61 heavy (non-hydrogen) atoms. The number of aromatic nitrogens is 4. The Balaban J connectivity index is 1.20. The molecule has 7 heteroatoms. The Labute approximate surface area is 352 Å². The van der Waals surface area contributed by atoms with Crippen molar-refractivity contribution in [3.63, 3.8) is 0 Å². The summed E-state index contributed by atoms with van der Waals surface area (Å²) >= 11 is 0. The van der Waals surface area contributed by atoms with Crippen molar-refractivity contribution in [2.75, 3.05) is 19.1 Å². The second-order valence-electron chi connectivity index (χ2n) is 15.1. The zero-order valence-electron chi connectivity index (χ0n) is 33.6. The predicted molar refractivity (Wildman–Crippen MR) is 249 cm³/mol. The highest BCUT2D eigenvalue weighted by Crippen LogP contribution is 2.43. The highest BCUT2D eigenvalue weighted by atomic mass is 16.5. The van der Waals surface area contributed by atoms with Gasteiger partial charge >= 0.3 is 0 Å². The van der Waals surface area contributed by atoms with Gasteiger partial charge in [-0.25, -0.2) is 0 Å². The van der Waals surface area contributed by atoms with Crippen LogP contribution in [0.5, 0.6) is 11.5 Å². The summed E-state index contributed by atoms with van der Waals surface area (Å²) in [5, 5.41) is 4.56. The smallest absolute Gasteiger partial charge is 0.119 e. The van der Waals surface area contributed by atoms with Crippen LogP contribution in [0.2, 0.25) is 0 Å². The zero-order valence-corrected chi connectivity index (χ0v) is 33.6. The molecule has 0 amide bonds. The van der Waals surface area contributed by atoms with E-state index in [1.807, 2.05) is 61.2 Å². The SMILES string of the molecule is COc1ccc2c(c1)c1cc(OC)ccc1n2-c1cc(N(c2ccc(-c3ccncc3)cc2)c2ccc(-c3ccncc3)cc2)cc(-n2c3ccccc3c3ccccc32)c1. The molecule has 0 saturated heterocycles. The number of benzene rings is 7. The van der Waals surface area contributed by atoms with Gasteiger partial charge in [-0.2, -0.15) is 0 Å². The Kier molecular flexibility index (Phi) is 8.78. The summed E-state index contributed by atoms with van der Waals surface area (Å²) in [4.78, 5) is 10.9. The van der Waals surface area contributed by atoms with Crippen molar-refractivity contribution in [1.29, 1.82) is 0 Å². The van der Waals surface area contributed by atoms with Crippen molar-refractivity contribution >= 4 is 60.7 Å². The van der Waals surface area contributed by atoms with Gasteiger partial charge in [-0.15, -0.1) is 0 Å². The fraction of sp³-hybridized carbons (Fsp3) is 0.0370. The van der Waals surface area contributed by atoms with Gasteiger partial charge in [0, 0.05) is 57.7 Å². The first kappa shape index (κ1) is 36.0. The Hall–Kier alpha value is -8.16. The van der Waals surface area contributed by atoms with Crippen molar-refractivity contribution in [2.24, 2.45) is 0 Å². The van der Waals surface area contributed by atoms with Gasteiger partial charge in [-0.05, 0) is 138 Å². The summed E-state index contributed by atoms with van der Waals surface area (Å²) in [6.07, 6.45) is 7.34. The summed E-state index contributed by atoms with van der Waals surface area (Å²) in [7, 11) is 3.42. The number of methoxy groups -OCH3 is 2. The van der Waals surface area contributed by atoms with E-state index in [4.69, 9.17) is 9.47 Å². The topological polar surface area (TPSA) is 57.3 Å². The van der Waals surface area contributed by atoms with Crippen LogP contribution < -0.4 is 14.4 Å². The quantitative estimate of drug-likeness (QED) is 0.146. The molecule has 0 atom stereocenters. The van der Waals surface area contributed by atoms with Gasteiger partial charge in [0.15, 0.2) is 0 Å². The van der Waals surface area contributed by atoms with Gasteiger partial charge in [0.05, 0.1) is 53.3 Å². The number of para-hydroxylation sites is 2. The molecule has 0 aliphatic carbocycles. The van der Waals surface area contributed by atoms with Crippen LogP contribution in [0, 0.1) is 0 Å². The van der Waals surface area contributed by atoms with Crippen molar-refractivity contribution < 1.29 is 9.47 Å². The molecule has 0 unspecified atom stereocenters. The van der Waals surface area contributed by atoms with Crippen molar-refractivity contribution in [3.05, 3.63) is 201 Å². The number of nitrogens with zero attached hydrogens (tertiary/aromatic N) is 5. The Morgan fingerprint density at radius 3 is 1.18 bits per heavy atom. The van der Waals surface area contributed by atoms with Gasteiger partial charge in [-0.3, -0.25) is 9.97 Å². The van der Waals surface area contributed by atoms with E-state index < -0.39 is 0 Å². The number of hydrogen-bond acceptors (Lipinski definition) is 5. The number of ether oxygens (including phenoxy) is 2. The highest BCUT2D eigenvalue weighted by molar-refractivity contribution is 6.11. The number of anilines is 3. The van der Waals surface area contributed by atoms with Crippen molar-refractivity contribution in [2.45, 2.75) is 0 Å². The number of pyridine rings is 2. The van der Waals surface area contributed by atoms with Crippen LogP contribution in [-0.2, 0) is 0 Å². The number of hydrogen-bond donors (Lipinski definition) is 0. The maximum atomic E-state index is 5.76. The van der Waals surface area contributed by atoms with E-state index in [1.165, 1.54) is 10.8 Å². The lowest BCUT2D eigenvalue weighted by Gasteiger charge is -2.28. The van der Waals surface area contributed by atoms with Crippen LogP contribution in [-0.4, -0.2) is 33.3 Å². The summed E-state index contributed by atoms with van der Waals surface area (Å²) in [5.74, 6) is 1.59. The van der Waals surface area contributed by atoms with Gasteiger partial charge < -0.3 is 23.5 Å². The zero-order chi connectivity index (χ0) is 40.9. The highest BCUT2D eigenvalue weighted by Gasteiger charge is 2.21. The Bertz CT molecular complexity index is 3180. The largest absolute Gasteiger partial charge is 0.497 e. The monoisotopic (exact) mass is 789 g/mol. The molecule has 7 aromatic carbocycles. The molecule has 0 aliphatic heterocycles. The fourth-order valence-corrected chi connectivity index (χ4v) is 8.82. The van der Waals surface area contributed by atoms with Crippen LogP contribution in [0.3, 0.4) is 0 Å². The van der Waals surface area contributed by atoms with Gasteiger partial charge in [-0.1, -0.05) is 60.7 Å². The molecule has 0 N–H and O–H groups in total. The van der Waals surface area contributed by atoms with Gasteiger partial charge in [0.1, 0.15) is 11.5 Å². The van der Waals surface area contributed by atoms with Crippen LogP contribution in [0.25, 0.3) is 77.2 Å². The lowest BCUT2D eigenvalue weighted by Crippen LogP contribution is -2.12. The molecule has 11 rings (SSSR count). The number of fused-ring (bicyclic) bond motifs is 6. The minimum absolute atomic E-state index is 0.797. The van der Waals surface area contributed by atoms with E-state index >= 15 is 0 Å². The molecule has 7 nitrogen and oxygen atoms in total. The maximum absolute atomic E-state index is 5.76. The maximum Gasteiger partial charge on any atom is 0.119 e. The normalized spacial score (nSPS) is 11.4. The molecular weight excluding hydrogens is 751 g/mol. The summed E-state index contributed by atoms with van der Waals surface area (Å²) in [6.45, 7) is 0. The Morgan fingerprint density at radius 1 is 0.361 bits per heavy atom. The minimum Gasteiger partial charge on any atom is -0.497 e. The van der Waals surface area contributed by atoms with Crippen molar-refractivity contribution in [3.8, 4) is 45.1 Å². The summed E-state index contributed by atoms with van der Waals surface area (Å²) in [5.41, 5.74) is 14.0. The molecule has 0 spiro atoms.